The molecule has 0 aliphatic rings. The van der Waals surface area contributed by atoms with E-state index in [1.807, 2.05) is 0 Å². The van der Waals surface area contributed by atoms with Gasteiger partial charge in [0.05, 0.1) is 23.1 Å². The molecule has 0 amide bonds. The van der Waals surface area contributed by atoms with Crippen LogP contribution in [0.5, 0.6) is 0 Å². The van der Waals surface area contributed by atoms with Gasteiger partial charge in [0.1, 0.15) is 17.6 Å². The Hall–Kier alpha value is -2.88. The monoisotopic (exact) mass is 369 g/mol. The Kier molecular flexibility index (Phi) is 3.32. The van der Waals surface area contributed by atoms with Gasteiger partial charge in [-0.1, -0.05) is 11.6 Å². The van der Waals surface area contributed by atoms with Gasteiger partial charge in [-0.05, 0) is 12.1 Å². The Morgan fingerprint density at radius 1 is 1.28 bits per heavy atom. The molecule has 0 atom stereocenters. The lowest BCUT2D eigenvalue weighted by atomic mass is 10.1. The Morgan fingerprint density at radius 3 is 2.84 bits per heavy atom. The first kappa shape index (κ1) is 15.6. The summed E-state index contributed by atoms with van der Waals surface area (Å²) >= 11 is 6.00. The number of benzene rings is 1. The van der Waals surface area contributed by atoms with Crippen LogP contribution in [0, 0.1) is 0 Å². The number of halogens is 4. The van der Waals surface area contributed by atoms with Gasteiger partial charge in [-0.2, -0.15) is 18.3 Å². The number of hydrogen-bond acceptors (Lipinski definition) is 5. The zero-order chi connectivity index (χ0) is 17.8. The number of nitrogens with one attached hydrogen (secondary N) is 1. The van der Waals surface area contributed by atoms with Crippen LogP contribution in [0.1, 0.15) is 0 Å². The van der Waals surface area contributed by atoms with Crippen LogP contribution in [0.15, 0.2) is 33.7 Å². The van der Waals surface area contributed by atoms with Crippen molar-refractivity contribution in [3.05, 3.63) is 40.1 Å². The minimum Gasteiger partial charge on any atom is -0.407 e. The molecule has 0 saturated carbocycles. The maximum atomic E-state index is 12.5. The van der Waals surface area contributed by atoms with Gasteiger partial charge in [0.15, 0.2) is 11.2 Å². The molecule has 3 aromatic heterocycles. The predicted molar refractivity (Wildman–Crippen MR) is 82.2 cm³/mol. The van der Waals surface area contributed by atoms with Crippen molar-refractivity contribution in [2.24, 2.45) is 0 Å². The van der Waals surface area contributed by atoms with Crippen molar-refractivity contribution in [2.45, 2.75) is 12.7 Å². The van der Waals surface area contributed by atoms with E-state index in [0.717, 1.165) is 4.68 Å². The quantitative estimate of drug-likeness (QED) is 0.586. The van der Waals surface area contributed by atoms with Crippen molar-refractivity contribution in [3.8, 4) is 11.3 Å². The molecule has 0 unspecified atom stereocenters. The molecule has 11 heteroatoms. The highest BCUT2D eigenvalue weighted by atomic mass is 35.5. The van der Waals surface area contributed by atoms with Crippen molar-refractivity contribution >= 4 is 33.9 Å². The van der Waals surface area contributed by atoms with Crippen molar-refractivity contribution in [1.29, 1.82) is 0 Å². The van der Waals surface area contributed by atoms with E-state index in [1.54, 1.807) is 12.1 Å². The number of aromatic amines is 1. The Morgan fingerprint density at radius 2 is 2.08 bits per heavy atom. The normalized spacial score (nSPS) is 12.3. The van der Waals surface area contributed by atoms with E-state index in [9.17, 15) is 18.0 Å². The minimum atomic E-state index is -4.42. The van der Waals surface area contributed by atoms with E-state index in [1.165, 1.54) is 12.4 Å². The van der Waals surface area contributed by atoms with Gasteiger partial charge in [-0.25, -0.2) is 19.4 Å². The highest BCUT2D eigenvalue weighted by Gasteiger charge is 2.29. The fraction of sp³-hybridized carbons (Fsp3) is 0.143. The highest BCUT2D eigenvalue weighted by Crippen LogP contribution is 2.31. The van der Waals surface area contributed by atoms with Crippen molar-refractivity contribution in [3.63, 3.8) is 0 Å². The second-order valence-corrected chi connectivity index (χ2v) is 5.60. The SMILES string of the molecule is O=c1[nH]c2c(Cl)ccc(-c3cnc4c(cnn4CC(F)(F)F)n3)c2o1. The fourth-order valence-electron chi connectivity index (χ4n) is 2.48. The molecule has 3 heterocycles. The van der Waals surface area contributed by atoms with E-state index in [-0.39, 0.29) is 21.8 Å². The molecule has 0 spiro atoms. The largest absolute Gasteiger partial charge is 0.417 e. The van der Waals surface area contributed by atoms with Gasteiger partial charge in [0, 0.05) is 5.56 Å². The van der Waals surface area contributed by atoms with Crippen LogP contribution in [0.4, 0.5) is 13.2 Å². The molecule has 0 aliphatic heterocycles. The molecule has 4 aromatic rings. The number of alkyl halides is 3. The Balaban J connectivity index is 1.86. The standard InChI is InChI=1S/C14H7ClF3N5O2/c15-7-2-1-6(11-10(7)22-13(24)25-11)8-3-19-12-9(21-8)4-20-23(12)5-14(16,17)18/h1-4H,5H2,(H,22,24). The van der Waals surface area contributed by atoms with Crippen molar-refractivity contribution in [2.75, 3.05) is 0 Å². The topological polar surface area (TPSA) is 89.6 Å². The molecule has 1 N–H and O–H groups in total. The Bertz CT molecular complexity index is 1160. The molecular weight excluding hydrogens is 363 g/mol. The number of oxazole rings is 1. The van der Waals surface area contributed by atoms with E-state index in [4.69, 9.17) is 16.0 Å². The average Bonchev–Trinajstić information content (AvgIpc) is 3.10. The maximum absolute atomic E-state index is 12.5. The lowest BCUT2D eigenvalue weighted by Crippen LogP contribution is -2.18. The molecule has 25 heavy (non-hydrogen) atoms. The van der Waals surface area contributed by atoms with Crippen LogP contribution < -0.4 is 5.76 Å². The lowest BCUT2D eigenvalue weighted by Gasteiger charge is -2.07. The molecule has 1 aromatic carbocycles. The highest BCUT2D eigenvalue weighted by molar-refractivity contribution is 6.35. The summed E-state index contributed by atoms with van der Waals surface area (Å²) < 4.78 is 43.4. The fourth-order valence-corrected chi connectivity index (χ4v) is 2.68. The summed E-state index contributed by atoms with van der Waals surface area (Å²) in [5.41, 5.74) is 1.41. The summed E-state index contributed by atoms with van der Waals surface area (Å²) in [5.74, 6) is -0.684. The summed E-state index contributed by atoms with van der Waals surface area (Å²) in [6.45, 7) is -1.26. The first-order chi connectivity index (χ1) is 11.8. The van der Waals surface area contributed by atoms with E-state index >= 15 is 0 Å². The lowest BCUT2D eigenvalue weighted by molar-refractivity contribution is -0.141. The van der Waals surface area contributed by atoms with Crippen LogP contribution in [0.2, 0.25) is 5.02 Å². The van der Waals surface area contributed by atoms with Gasteiger partial charge in [0.25, 0.3) is 0 Å². The van der Waals surface area contributed by atoms with Crippen LogP contribution in [-0.4, -0.2) is 30.9 Å². The zero-order valence-corrected chi connectivity index (χ0v) is 12.9. The zero-order valence-electron chi connectivity index (χ0n) is 12.1. The molecule has 128 valence electrons. The second-order valence-electron chi connectivity index (χ2n) is 5.20. The molecule has 7 nitrogen and oxygen atoms in total. The second kappa shape index (κ2) is 5.31. The van der Waals surface area contributed by atoms with Crippen molar-refractivity contribution < 1.29 is 17.6 Å². The van der Waals surface area contributed by atoms with E-state index < -0.39 is 18.5 Å². The van der Waals surface area contributed by atoms with Gasteiger partial charge in [-0.3, -0.25) is 4.98 Å². The van der Waals surface area contributed by atoms with Crippen LogP contribution in [-0.2, 0) is 6.54 Å². The Labute approximate surface area is 141 Å². The molecular formula is C14H7ClF3N5O2. The summed E-state index contributed by atoms with van der Waals surface area (Å²) in [6.07, 6.45) is -1.94. The van der Waals surface area contributed by atoms with Crippen LogP contribution in [0.3, 0.4) is 0 Å². The first-order valence-electron chi connectivity index (χ1n) is 6.89. The number of H-pyrrole nitrogens is 1. The number of nitrogens with zero attached hydrogens (tertiary/aromatic N) is 4. The minimum absolute atomic E-state index is 0.00167. The molecule has 0 saturated heterocycles. The predicted octanol–water partition coefficient (Wildman–Crippen LogP) is 3.14. The van der Waals surface area contributed by atoms with Crippen LogP contribution >= 0.6 is 11.6 Å². The molecule has 0 radical (unpaired) electrons. The smallest absolute Gasteiger partial charge is 0.407 e. The summed E-state index contributed by atoms with van der Waals surface area (Å²) in [6, 6.07) is 3.13. The van der Waals surface area contributed by atoms with Gasteiger partial charge in [0.2, 0.25) is 0 Å². The van der Waals surface area contributed by atoms with Gasteiger partial charge >= 0.3 is 11.9 Å². The molecule has 0 fully saturated rings. The number of rotatable bonds is 2. The summed E-state index contributed by atoms with van der Waals surface area (Å²) in [7, 11) is 0. The number of aromatic nitrogens is 5. The van der Waals surface area contributed by atoms with Gasteiger partial charge in [-0.15, -0.1) is 0 Å². The maximum Gasteiger partial charge on any atom is 0.417 e. The summed E-state index contributed by atoms with van der Waals surface area (Å²) in [5, 5.41) is 3.96. The van der Waals surface area contributed by atoms with E-state index in [2.05, 4.69) is 20.1 Å². The van der Waals surface area contributed by atoms with E-state index in [0.29, 0.717) is 16.8 Å². The molecule has 0 bridgehead atoms. The van der Waals surface area contributed by atoms with Crippen LogP contribution in [0.25, 0.3) is 33.5 Å². The van der Waals surface area contributed by atoms with Gasteiger partial charge < -0.3 is 4.42 Å². The number of fused-ring (bicyclic) bond motifs is 2. The average molecular weight is 370 g/mol. The first-order valence-corrected chi connectivity index (χ1v) is 7.26. The number of hydrogen-bond donors (Lipinski definition) is 1. The van der Waals surface area contributed by atoms with Crippen molar-refractivity contribution in [1.82, 2.24) is 24.7 Å². The molecule has 4 rings (SSSR count). The third-order valence-electron chi connectivity index (χ3n) is 3.48. The summed E-state index contributed by atoms with van der Waals surface area (Å²) in [4.78, 5) is 22.2. The third-order valence-corrected chi connectivity index (χ3v) is 3.79. The third kappa shape index (κ3) is 2.74. The molecule has 0 aliphatic carbocycles.